The highest BCUT2D eigenvalue weighted by Crippen LogP contribution is 2.33. The van der Waals surface area contributed by atoms with Crippen LogP contribution >= 0.6 is 0 Å². The topological polar surface area (TPSA) is 104 Å². The third-order valence-corrected chi connectivity index (χ3v) is 6.58. The van der Waals surface area contributed by atoms with Gasteiger partial charge in [-0.25, -0.2) is 4.79 Å². The Morgan fingerprint density at radius 2 is 1.53 bits per heavy atom. The van der Waals surface area contributed by atoms with E-state index < -0.39 is 16.7 Å². The van der Waals surface area contributed by atoms with Crippen molar-refractivity contribution in [2.75, 3.05) is 0 Å². The molecule has 0 N–H and O–H groups in total. The van der Waals surface area contributed by atoms with Crippen LogP contribution in [0.15, 0.2) is 71.9 Å². The lowest BCUT2D eigenvalue weighted by atomic mass is 9.99. The van der Waals surface area contributed by atoms with Crippen molar-refractivity contribution < 1.29 is 19.3 Å². The Kier molecular flexibility index (Phi) is 8.63. The van der Waals surface area contributed by atoms with E-state index in [1.807, 2.05) is 12.1 Å². The van der Waals surface area contributed by atoms with E-state index in [0.717, 1.165) is 35.8 Å². The summed E-state index contributed by atoms with van der Waals surface area (Å²) in [5.41, 5.74) is 2.65. The fourth-order valence-electron chi connectivity index (χ4n) is 4.71. The maximum absolute atomic E-state index is 13.6. The first kappa shape index (κ1) is 26.7. The van der Waals surface area contributed by atoms with Crippen LogP contribution in [-0.4, -0.2) is 27.0 Å². The Morgan fingerprint density at radius 3 is 2.21 bits per heavy atom. The first-order chi connectivity index (χ1) is 18.4. The molecule has 0 aliphatic rings. The minimum Gasteiger partial charge on any atom is -0.340 e. The fraction of sp³-hybridized carbons (Fsp3) is 0.300. The van der Waals surface area contributed by atoms with E-state index in [4.69, 9.17) is 4.84 Å². The number of carbonyl (C=O) groups excluding carboxylic acids is 2. The standard InChI is InChI=1S/C30H31N3O5/c1-3-4-5-6-7-11-18-32-27-16-14-23(19-25(27)26-20-24(33(36)37)15-17-28(26)32)30(35)29(31-38-21(2)34)22-12-9-8-10-13-22/h8-10,12-17,19-20H,3-7,11,18H2,1-2H3/b31-29+. The number of Topliss-reactive ketones (excluding diaryl/α,β-unsaturated/α-hetero) is 1. The van der Waals surface area contributed by atoms with Gasteiger partial charge in [0.15, 0.2) is 5.71 Å². The maximum Gasteiger partial charge on any atom is 0.332 e. The molecule has 0 fully saturated rings. The molecule has 1 heterocycles. The summed E-state index contributed by atoms with van der Waals surface area (Å²) in [6.45, 7) is 4.19. The summed E-state index contributed by atoms with van der Waals surface area (Å²) in [5.74, 6) is -1.05. The summed E-state index contributed by atoms with van der Waals surface area (Å²) >= 11 is 0. The van der Waals surface area contributed by atoms with E-state index in [1.54, 1.807) is 48.5 Å². The Bertz CT molecular complexity index is 1500. The monoisotopic (exact) mass is 513 g/mol. The number of unbranched alkanes of at least 4 members (excludes halogenated alkanes) is 5. The van der Waals surface area contributed by atoms with Crippen molar-refractivity contribution in [1.29, 1.82) is 0 Å². The number of aryl methyl sites for hydroxylation is 1. The Labute approximate surface area is 221 Å². The largest absolute Gasteiger partial charge is 0.340 e. The Balaban J connectivity index is 1.76. The zero-order valence-corrected chi connectivity index (χ0v) is 21.7. The molecule has 0 saturated heterocycles. The summed E-state index contributed by atoms with van der Waals surface area (Å²) in [6, 6.07) is 19.0. The molecule has 196 valence electrons. The van der Waals surface area contributed by atoms with Gasteiger partial charge in [0.1, 0.15) is 0 Å². The number of nitrogens with zero attached hydrogens (tertiary/aromatic N) is 3. The molecule has 8 nitrogen and oxygen atoms in total. The molecule has 4 rings (SSSR count). The molecule has 0 atom stereocenters. The van der Waals surface area contributed by atoms with Crippen molar-refractivity contribution in [2.24, 2.45) is 5.16 Å². The zero-order chi connectivity index (χ0) is 27.1. The van der Waals surface area contributed by atoms with Crippen LogP contribution in [0.5, 0.6) is 0 Å². The molecule has 4 aromatic rings. The van der Waals surface area contributed by atoms with E-state index in [9.17, 15) is 19.7 Å². The van der Waals surface area contributed by atoms with Gasteiger partial charge in [-0.15, -0.1) is 0 Å². The van der Waals surface area contributed by atoms with E-state index >= 15 is 0 Å². The van der Waals surface area contributed by atoms with Crippen molar-refractivity contribution in [3.05, 3.63) is 88.0 Å². The molecule has 8 heteroatoms. The number of non-ortho nitro benzene ring substituents is 1. The van der Waals surface area contributed by atoms with E-state index in [2.05, 4.69) is 16.6 Å². The van der Waals surface area contributed by atoms with Crippen molar-refractivity contribution in [3.63, 3.8) is 0 Å². The third kappa shape index (κ3) is 5.96. The molecule has 1 aromatic heterocycles. The third-order valence-electron chi connectivity index (χ3n) is 6.58. The van der Waals surface area contributed by atoms with Gasteiger partial charge in [-0.3, -0.25) is 14.9 Å². The van der Waals surface area contributed by atoms with Gasteiger partial charge in [-0.2, -0.15) is 0 Å². The number of hydrogen-bond acceptors (Lipinski definition) is 6. The van der Waals surface area contributed by atoms with Crippen LogP contribution in [0.4, 0.5) is 5.69 Å². The average Bonchev–Trinajstić information content (AvgIpc) is 3.23. The Hall–Kier alpha value is -4.33. The van der Waals surface area contributed by atoms with Crippen LogP contribution in [0.1, 0.15) is 68.3 Å². The van der Waals surface area contributed by atoms with E-state index in [1.165, 1.54) is 38.7 Å². The summed E-state index contributed by atoms with van der Waals surface area (Å²) in [4.78, 5) is 40.9. The summed E-state index contributed by atoms with van der Waals surface area (Å²) in [5, 5.41) is 16.8. The van der Waals surface area contributed by atoms with Crippen LogP contribution in [0, 0.1) is 10.1 Å². The SMILES string of the molecule is CCCCCCCCn1c2ccc(C(=O)/C(=N/OC(C)=O)c3ccccc3)cc2c2cc([N+](=O)[O-])ccc21. The number of nitro benzene ring substituents is 1. The predicted octanol–water partition coefficient (Wildman–Crippen LogP) is 7.21. The summed E-state index contributed by atoms with van der Waals surface area (Å²) in [7, 11) is 0. The van der Waals surface area contributed by atoms with Crippen LogP contribution in [-0.2, 0) is 16.2 Å². The zero-order valence-electron chi connectivity index (χ0n) is 21.7. The lowest BCUT2D eigenvalue weighted by Gasteiger charge is -2.09. The van der Waals surface area contributed by atoms with Gasteiger partial charge >= 0.3 is 5.97 Å². The number of hydrogen-bond donors (Lipinski definition) is 0. The van der Waals surface area contributed by atoms with Gasteiger partial charge in [0.25, 0.3) is 5.69 Å². The second-order valence-electron chi connectivity index (χ2n) is 9.33. The molecular formula is C30H31N3O5. The van der Waals surface area contributed by atoms with Crippen molar-refractivity contribution in [3.8, 4) is 0 Å². The second kappa shape index (κ2) is 12.3. The van der Waals surface area contributed by atoms with E-state index in [0.29, 0.717) is 16.5 Å². The summed E-state index contributed by atoms with van der Waals surface area (Å²) < 4.78 is 2.17. The minimum absolute atomic E-state index is 0.00180. The summed E-state index contributed by atoms with van der Waals surface area (Å²) in [6.07, 6.45) is 6.94. The smallest absolute Gasteiger partial charge is 0.332 e. The van der Waals surface area contributed by atoms with Crippen molar-refractivity contribution in [1.82, 2.24) is 4.57 Å². The van der Waals surface area contributed by atoms with Gasteiger partial charge in [-0.1, -0.05) is 74.5 Å². The van der Waals surface area contributed by atoms with Gasteiger partial charge in [0, 0.05) is 58.5 Å². The van der Waals surface area contributed by atoms with Crippen molar-refractivity contribution >= 4 is 45.0 Å². The fourth-order valence-corrected chi connectivity index (χ4v) is 4.71. The number of ketones is 1. The highest BCUT2D eigenvalue weighted by Gasteiger charge is 2.21. The van der Waals surface area contributed by atoms with Crippen LogP contribution in [0.2, 0.25) is 0 Å². The molecule has 0 aliphatic carbocycles. The number of oxime groups is 1. The molecule has 0 amide bonds. The average molecular weight is 514 g/mol. The molecule has 0 radical (unpaired) electrons. The molecular weight excluding hydrogens is 482 g/mol. The highest BCUT2D eigenvalue weighted by molar-refractivity contribution is 6.51. The van der Waals surface area contributed by atoms with Gasteiger partial charge in [-0.05, 0) is 30.7 Å². The lowest BCUT2D eigenvalue weighted by molar-refractivity contribution is -0.384. The van der Waals surface area contributed by atoms with Crippen LogP contribution in [0.25, 0.3) is 21.8 Å². The maximum atomic E-state index is 13.6. The molecule has 38 heavy (non-hydrogen) atoms. The number of nitro groups is 1. The first-order valence-corrected chi connectivity index (χ1v) is 13.0. The highest BCUT2D eigenvalue weighted by atomic mass is 16.7. The van der Waals surface area contributed by atoms with Gasteiger partial charge < -0.3 is 9.40 Å². The molecule has 3 aromatic carbocycles. The van der Waals surface area contributed by atoms with Gasteiger partial charge in [0.05, 0.1) is 4.92 Å². The second-order valence-corrected chi connectivity index (χ2v) is 9.33. The normalized spacial score (nSPS) is 11.7. The molecule has 0 unspecified atom stereocenters. The number of carbonyl (C=O) groups is 2. The lowest BCUT2D eigenvalue weighted by Crippen LogP contribution is -2.17. The van der Waals surface area contributed by atoms with Crippen molar-refractivity contribution in [2.45, 2.75) is 58.9 Å². The molecule has 0 bridgehead atoms. The first-order valence-electron chi connectivity index (χ1n) is 13.0. The quantitative estimate of drug-likeness (QED) is 0.0497. The molecule has 0 aliphatic heterocycles. The number of fused-ring (bicyclic) bond motifs is 3. The minimum atomic E-state index is -0.633. The number of benzene rings is 3. The Morgan fingerprint density at radius 1 is 0.868 bits per heavy atom. The number of rotatable bonds is 12. The number of aromatic nitrogens is 1. The van der Waals surface area contributed by atoms with Gasteiger partial charge in [0.2, 0.25) is 5.78 Å². The van der Waals surface area contributed by atoms with Crippen LogP contribution < -0.4 is 0 Å². The predicted molar refractivity (Wildman–Crippen MR) is 149 cm³/mol. The molecule has 0 saturated carbocycles. The molecule has 0 spiro atoms. The van der Waals surface area contributed by atoms with E-state index in [-0.39, 0.29) is 11.4 Å². The van der Waals surface area contributed by atoms with Crippen LogP contribution in [0.3, 0.4) is 0 Å².